The zero-order valence-electron chi connectivity index (χ0n) is 18.5. The van der Waals surface area contributed by atoms with Crippen LogP contribution in [0.25, 0.3) is 0 Å². The molecule has 2 heterocycles. The van der Waals surface area contributed by atoms with E-state index in [1.807, 2.05) is 30.6 Å². The van der Waals surface area contributed by atoms with E-state index >= 15 is 0 Å². The van der Waals surface area contributed by atoms with E-state index in [9.17, 15) is 9.59 Å². The van der Waals surface area contributed by atoms with Crippen molar-refractivity contribution >= 4 is 11.8 Å². The van der Waals surface area contributed by atoms with Gasteiger partial charge in [-0.1, -0.05) is 31.4 Å². The summed E-state index contributed by atoms with van der Waals surface area (Å²) in [5, 5.41) is 6.49. The van der Waals surface area contributed by atoms with E-state index in [0.717, 1.165) is 36.8 Å². The summed E-state index contributed by atoms with van der Waals surface area (Å²) >= 11 is 0. The van der Waals surface area contributed by atoms with Crippen LogP contribution in [-0.4, -0.2) is 34.4 Å². The number of nitrogens with zero attached hydrogens (tertiary/aromatic N) is 2. The fourth-order valence-corrected chi connectivity index (χ4v) is 5.40. The SMILES string of the molecule is O=C(NCC(NC(=O)C1CC1c1cccnc1)C1CCCCC1)C1CC1c1cccnc1. The van der Waals surface area contributed by atoms with Crippen molar-refractivity contribution in [2.45, 2.75) is 62.8 Å². The first-order valence-electron chi connectivity index (χ1n) is 12.1. The molecule has 2 aromatic rings. The largest absolute Gasteiger partial charge is 0.354 e. The molecule has 5 atom stereocenters. The van der Waals surface area contributed by atoms with Crippen LogP contribution in [0.4, 0.5) is 0 Å². The Hall–Kier alpha value is -2.76. The van der Waals surface area contributed by atoms with Crippen LogP contribution in [0.1, 0.15) is 67.9 Å². The lowest BCUT2D eigenvalue weighted by Crippen LogP contribution is -2.49. The van der Waals surface area contributed by atoms with Crippen molar-refractivity contribution in [1.29, 1.82) is 0 Å². The van der Waals surface area contributed by atoms with Gasteiger partial charge in [0.25, 0.3) is 0 Å². The second kappa shape index (κ2) is 9.39. The average molecular weight is 433 g/mol. The average Bonchev–Trinajstić information content (AvgIpc) is 3.77. The standard InChI is InChI=1S/C26H32N4O2/c31-25(22-12-20(22)18-8-4-10-27-14-18)29-16-24(17-6-2-1-3-7-17)30-26(32)23-13-21(23)19-9-5-11-28-15-19/h4-5,8-11,14-15,17,20-24H,1-3,6-7,12-13,16H2,(H,29,31)(H,30,32). The third-order valence-electron chi connectivity index (χ3n) is 7.52. The summed E-state index contributed by atoms with van der Waals surface area (Å²) in [5.74, 6) is 1.28. The summed E-state index contributed by atoms with van der Waals surface area (Å²) in [5.41, 5.74) is 2.28. The third kappa shape index (κ3) is 4.84. The van der Waals surface area contributed by atoms with Gasteiger partial charge in [-0.05, 0) is 66.7 Å². The minimum absolute atomic E-state index is 0.0116. The molecule has 0 aliphatic heterocycles. The molecule has 0 spiro atoms. The Kier molecular flexibility index (Phi) is 6.19. The van der Waals surface area contributed by atoms with Crippen molar-refractivity contribution in [1.82, 2.24) is 20.6 Å². The Morgan fingerprint density at radius 1 is 0.875 bits per heavy atom. The minimum atomic E-state index is 0.0116. The lowest BCUT2D eigenvalue weighted by molar-refractivity contribution is -0.125. The first-order chi connectivity index (χ1) is 15.7. The number of pyridine rings is 2. The molecule has 3 fully saturated rings. The van der Waals surface area contributed by atoms with Crippen LogP contribution in [0.15, 0.2) is 49.1 Å². The van der Waals surface area contributed by atoms with Crippen molar-refractivity contribution in [3.63, 3.8) is 0 Å². The smallest absolute Gasteiger partial charge is 0.224 e. The van der Waals surface area contributed by atoms with Crippen LogP contribution in [0.5, 0.6) is 0 Å². The Bertz CT molecular complexity index is 929. The number of amides is 2. The van der Waals surface area contributed by atoms with E-state index in [1.54, 1.807) is 12.4 Å². The minimum Gasteiger partial charge on any atom is -0.354 e. The van der Waals surface area contributed by atoms with E-state index in [1.165, 1.54) is 19.3 Å². The lowest BCUT2D eigenvalue weighted by atomic mass is 9.83. The predicted octanol–water partition coefficient (Wildman–Crippen LogP) is 3.57. The van der Waals surface area contributed by atoms with Gasteiger partial charge in [0.2, 0.25) is 11.8 Å². The molecular formula is C26H32N4O2. The zero-order valence-corrected chi connectivity index (χ0v) is 18.5. The highest BCUT2D eigenvalue weighted by Gasteiger charge is 2.46. The van der Waals surface area contributed by atoms with Gasteiger partial charge < -0.3 is 10.6 Å². The number of hydrogen-bond donors (Lipinski definition) is 2. The maximum absolute atomic E-state index is 13.0. The molecule has 5 unspecified atom stereocenters. The summed E-state index contributed by atoms with van der Waals surface area (Å²) in [4.78, 5) is 34.2. The normalized spacial score (nSPS) is 27.9. The summed E-state index contributed by atoms with van der Waals surface area (Å²) in [7, 11) is 0. The van der Waals surface area contributed by atoms with E-state index in [-0.39, 0.29) is 41.5 Å². The number of carbonyl (C=O) groups is 2. The van der Waals surface area contributed by atoms with Crippen molar-refractivity contribution in [2.24, 2.45) is 17.8 Å². The molecule has 0 bridgehead atoms. The molecule has 2 amide bonds. The zero-order chi connectivity index (χ0) is 21.9. The predicted molar refractivity (Wildman–Crippen MR) is 122 cm³/mol. The molecule has 0 radical (unpaired) electrons. The third-order valence-corrected chi connectivity index (χ3v) is 7.52. The Morgan fingerprint density at radius 2 is 1.47 bits per heavy atom. The second-order valence-corrected chi connectivity index (χ2v) is 9.73. The number of aromatic nitrogens is 2. The van der Waals surface area contributed by atoms with Crippen LogP contribution in [0.2, 0.25) is 0 Å². The number of hydrogen-bond acceptors (Lipinski definition) is 4. The monoisotopic (exact) mass is 432 g/mol. The molecular weight excluding hydrogens is 400 g/mol. The second-order valence-electron chi connectivity index (χ2n) is 9.73. The van der Waals surface area contributed by atoms with Crippen LogP contribution in [-0.2, 0) is 9.59 Å². The number of nitrogens with one attached hydrogen (secondary N) is 2. The molecule has 3 saturated carbocycles. The van der Waals surface area contributed by atoms with E-state index in [2.05, 4.69) is 26.7 Å². The van der Waals surface area contributed by atoms with Gasteiger partial charge in [-0.3, -0.25) is 19.6 Å². The van der Waals surface area contributed by atoms with Gasteiger partial charge in [-0.25, -0.2) is 0 Å². The molecule has 0 saturated heterocycles. The molecule has 5 rings (SSSR count). The Morgan fingerprint density at radius 3 is 2.03 bits per heavy atom. The van der Waals surface area contributed by atoms with Gasteiger partial charge in [0.05, 0.1) is 0 Å². The van der Waals surface area contributed by atoms with Crippen LogP contribution < -0.4 is 10.6 Å². The lowest BCUT2D eigenvalue weighted by Gasteiger charge is -2.31. The first-order valence-corrected chi connectivity index (χ1v) is 12.1. The maximum atomic E-state index is 13.0. The van der Waals surface area contributed by atoms with E-state index < -0.39 is 0 Å². The van der Waals surface area contributed by atoms with E-state index in [0.29, 0.717) is 12.5 Å². The quantitative estimate of drug-likeness (QED) is 0.668. The summed E-state index contributed by atoms with van der Waals surface area (Å²) in [6.07, 6.45) is 14.9. The number of rotatable bonds is 8. The fraction of sp³-hybridized carbons (Fsp3) is 0.538. The highest BCUT2D eigenvalue weighted by Crippen LogP contribution is 2.48. The maximum Gasteiger partial charge on any atom is 0.224 e. The van der Waals surface area contributed by atoms with Crippen molar-refractivity contribution in [3.8, 4) is 0 Å². The summed E-state index contributed by atoms with van der Waals surface area (Å²) in [6, 6.07) is 7.97. The van der Waals surface area contributed by atoms with Crippen molar-refractivity contribution < 1.29 is 9.59 Å². The van der Waals surface area contributed by atoms with Gasteiger partial charge in [-0.2, -0.15) is 0 Å². The van der Waals surface area contributed by atoms with Crippen LogP contribution in [0, 0.1) is 17.8 Å². The van der Waals surface area contributed by atoms with Gasteiger partial charge in [0.15, 0.2) is 0 Å². The fourth-order valence-electron chi connectivity index (χ4n) is 5.40. The molecule has 2 aromatic heterocycles. The van der Waals surface area contributed by atoms with E-state index in [4.69, 9.17) is 0 Å². The summed E-state index contributed by atoms with van der Waals surface area (Å²) in [6.45, 7) is 0.524. The Balaban J connectivity index is 1.17. The Labute approximate surface area is 189 Å². The molecule has 6 nitrogen and oxygen atoms in total. The molecule has 3 aliphatic carbocycles. The van der Waals surface area contributed by atoms with Crippen LogP contribution >= 0.6 is 0 Å². The van der Waals surface area contributed by atoms with Gasteiger partial charge in [-0.15, -0.1) is 0 Å². The first kappa shape index (κ1) is 21.1. The van der Waals surface area contributed by atoms with Gasteiger partial charge in [0.1, 0.15) is 0 Å². The highest BCUT2D eigenvalue weighted by atomic mass is 16.2. The number of carbonyl (C=O) groups excluding carboxylic acids is 2. The van der Waals surface area contributed by atoms with Crippen molar-refractivity contribution in [2.75, 3.05) is 6.54 Å². The molecule has 2 N–H and O–H groups in total. The molecule has 6 heteroatoms. The topological polar surface area (TPSA) is 84.0 Å². The molecule has 32 heavy (non-hydrogen) atoms. The summed E-state index contributed by atoms with van der Waals surface area (Å²) < 4.78 is 0. The van der Waals surface area contributed by atoms with Crippen LogP contribution in [0.3, 0.4) is 0 Å². The molecule has 0 aromatic carbocycles. The van der Waals surface area contributed by atoms with Crippen molar-refractivity contribution in [3.05, 3.63) is 60.2 Å². The highest BCUT2D eigenvalue weighted by molar-refractivity contribution is 5.84. The van der Waals surface area contributed by atoms with Gasteiger partial charge >= 0.3 is 0 Å². The molecule has 3 aliphatic rings. The molecule has 168 valence electrons. The van der Waals surface area contributed by atoms with Gasteiger partial charge in [0, 0.05) is 49.2 Å².